The van der Waals surface area contributed by atoms with E-state index in [4.69, 9.17) is 4.74 Å². The van der Waals surface area contributed by atoms with E-state index in [2.05, 4.69) is 27.7 Å². The van der Waals surface area contributed by atoms with E-state index in [9.17, 15) is 4.79 Å². The van der Waals surface area contributed by atoms with E-state index in [0.717, 1.165) is 17.3 Å². The molecule has 88 valence electrons. The molecule has 0 aliphatic rings. The molecule has 0 rings (SSSR count). The molecule has 0 saturated heterocycles. The standard InChI is InChI=1S/C12H24NO2/c1-5-12(14)15-11-9-7-6-8-10-13(2,3)4/h5H,1,6-11H2,2-4H3/q+1. The minimum atomic E-state index is -0.318. The van der Waals surface area contributed by atoms with E-state index < -0.39 is 0 Å². The Labute approximate surface area is 93.3 Å². The van der Waals surface area contributed by atoms with Gasteiger partial charge >= 0.3 is 5.97 Å². The molecule has 0 fully saturated rings. The van der Waals surface area contributed by atoms with Crippen molar-refractivity contribution in [2.75, 3.05) is 34.3 Å². The number of carbonyl (C=O) groups excluding carboxylic acids is 1. The molecule has 0 spiro atoms. The Kier molecular flexibility index (Phi) is 7.05. The molecule has 0 aliphatic carbocycles. The fourth-order valence-corrected chi connectivity index (χ4v) is 1.27. The van der Waals surface area contributed by atoms with E-state index in [1.54, 1.807) is 0 Å². The van der Waals surface area contributed by atoms with E-state index >= 15 is 0 Å². The number of quaternary nitrogens is 1. The number of esters is 1. The summed E-state index contributed by atoms with van der Waals surface area (Å²) >= 11 is 0. The molecule has 0 unspecified atom stereocenters. The fraction of sp³-hybridized carbons (Fsp3) is 0.750. The average molecular weight is 214 g/mol. The van der Waals surface area contributed by atoms with Crippen molar-refractivity contribution in [2.24, 2.45) is 0 Å². The monoisotopic (exact) mass is 214 g/mol. The fourth-order valence-electron chi connectivity index (χ4n) is 1.27. The molecule has 0 amide bonds. The Morgan fingerprint density at radius 3 is 2.33 bits per heavy atom. The van der Waals surface area contributed by atoms with Gasteiger partial charge in [0, 0.05) is 6.08 Å². The van der Waals surface area contributed by atoms with Gasteiger partial charge in [0.25, 0.3) is 0 Å². The Hall–Kier alpha value is -0.830. The van der Waals surface area contributed by atoms with Crippen LogP contribution in [0.5, 0.6) is 0 Å². The number of nitrogens with zero attached hydrogens (tertiary/aromatic N) is 1. The number of hydrogen-bond acceptors (Lipinski definition) is 2. The van der Waals surface area contributed by atoms with Gasteiger partial charge in [0.1, 0.15) is 0 Å². The van der Waals surface area contributed by atoms with Gasteiger partial charge in [-0.25, -0.2) is 4.79 Å². The van der Waals surface area contributed by atoms with Crippen LogP contribution in [-0.2, 0) is 9.53 Å². The SMILES string of the molecule is C=CC(=O)OCCCCCC[N+](C)(C)C. The summed E-state index contributed by atoms with van der Waals surface area (Å²) in [6.07, 6.45) is 5.73. The van der Waals surface area contributed by atoms with Crippen molar-refractivity contribution < 1.29 is 14.0 Å². The van der Waals surface area contributed by atoms with Gasteiger partial charge in [-0.15, -0.1) is 0 Å². The topological polar surface area (TPSA) is 26.3 Å². The Bertz CT molecular complexity index is 194. The van der Waals surface area contributed by atoms with Crippen LogP contribution >= 0.6 is 0 Å². The van der Waals surface area contributed by atoms with Crippen molar-refractivity contribution in [2.45, 2.75) is 25.7 Å². The Balaban J connectivity index is 3.19. The van der Waals surface area contributed by atoms with Crippen LogP contribution in [0.25, 0.3) is 0 Å². The predicted octanol–water partition coefficient (Wildman–Crippen LogP) is 1.98. The van der Waals surface area contributed by atoms with E-state index in [-0.39, 0.29) is 5.97 Å². The molecular weight excluding hydrogens is 190 g/mol. The molecule has 0 aromatic heterocycles. The van der Waals surface area contributed by atoms with Crippen LogP contribution in [0.4, 0.5) is 0 Å². The van der Waals surface area contributed by atoms with Gasteiger partial charge in [-0.2, -0.15) is 0 Å². The maximum Gasteiger partial charge on any atom is 0.330 e. The molecule has 0 aliphatic heterocycles. The number of carbonyl (C=O) groups is 1. The first-order valence-electron chi connectivity index (χ1n) is 5.55. The molecule has 0 heterocycles. The smallest absolute Gasteiger partial charge is 0.330 e. The van der Waals surface area contributed by atoms with Gasteiger partial charge in [-0.05, 0) is 25.7 Å². The molecular formula is C12H24NO2+. The van der Waals surface area contributed by atoms with Crippen molar-refractivity contribution in [3.05, 3.63) is 12.7 Å². The lowest BCUT2D eigenvalue weighted by molar-refractivity contribution is -0.870. The third-order valence-electron chi connectivity index (χ3n) is 2.13. The molecule has 0 bridgehead atoms. The second-order valence-electron chi connectivity index (χ2n) is 4.80. The molecule has 0 radical (unpaired) electrons. The third-order valence-corrected chi connectivity index (χ3v) is 2.13. The molecule has 3 nitrogen and oxygen atoms in total. The highest BCUT2D eigenvalue weighted by molar-refractivity contribution is 5.81. The highest BCUT2D eigenvalue weighted by Crippen LogP contribution is 2.03. The van der Waals surface area contributed by atoms with Crippen LogP contribution in [0.3, 0.4) is 0 Å². The van der Waals surface area contributed by atoms with Gasteiger partial charge in [0.05, 0.1) is 34.3 Å². The second-order valence-corrected chi connectivity index (χ2v) is 4.80. The summed E-state index contributed by atoms with van der Waals surface area (Å²) < 4.78 is 5.90. The first kappa shape index (κ1) is 14.2. The maximum absolute atomic E-state index is 10.7. The van der Waals surface area contributed by atoms with E-state index in [0.29, 0.717) is 6.61 Å². The molecule has 15 heavy (non-hydrogen) atoms. The second kappa shape index (κ2) is 7.46. The van der Waals surface area contributed by atoms with Gasteiger partial charge in [-0.1, -0.05) is 6.58 Å². The number of hydrogen-bond donors (Lipinski definition) is 0. The first-order chi connectivity index (χ1) is 6.95. The third kappa shape index (κ3) is 11.1. The zero-order valence-corrected chi connectivity index (χ0v) is 10.3. The lowest BCUT2D eigenvalue weighted by Gasteiger charge is -2.23. The van der Waals surface area contributed by atoms with Crippen molar-refractivity contribution >= 4 is 5.97 Å². The number of rotatable bonds is 8. The zero-order valence-electron chi connectivity index (χ0n) is 10.3. The highest BCUT2D eigenvalue weighted by Gasteiger charge is 2.05. The Morgan fingerprint density at radius 1 is 1.20 bits per heavy atom. The summed E-state index contributed by atoms with van der Waals surface area (Å²) in [6, 6.07) is 0. The van der Waals surface area contributed by atoms with Crippen LogP contribution in [-0.4, -0.2) is 44.7 Å². The van der Waals surface area contributed by atoms with Crippen molar-refractivity contribution in [3.8, 4) is 0 Å². The van der Waals surface area contributed by atoms with E-state index in [1.165, 1.54) is 25.5 Å². The molecule has 0 N–H and O–H groups in total. The Morgan fingerprint density at radius 2 is 1.80 bits per heavy atom. The summed E-state index contributed by atoms with van der Waals surface area (Å²) in [6.45, 7) is 5.06. The highest BCUT2D eigenvalue weighted by atomic mass is 16.5. The quantitative estimate of drug-likeness (QED) is 0.267. The van der Waals surface area contributed by atoms with Gasteiger partial charge < -0.3 is 9.22 Å². The van der Waals surface area contributed by atoms with Gasteiger partial charge in [0.2, 0.25) is 0 Å². The summed E-state index contributed by atoms with van der Waals surface area (Å²) in [5, 5.41) is 0. The molecule has 3 heteroatoms. The van der Waals surface area contributed by atoms with Gasteiger partial charge in [-0.3, -0.25) is 0 Å². The summed E-state index contributed by atoms with van der Waals surface area (Å²) in [7, 11) is 6.60. The normalized spacial score (nSPS) is 11.1. The molecule has 0 aromatic carbocycles. The number of ether oxygens (including phenoxy) is 1. The molecule has 0 saturated carbocycles. The zero-order chi connectivity index (χ0) is 11.7. The number of unbranched alkanes of at least 4 members (excludes halogenated alkanes) is 3. The average Bonchev–Trinajstić information content (AvgIpc) is 2.14. The van der Waals surface area contributed by atoms with Crippen LogP contribution in [0.1, 0.15) is 25.7 Å². The largest absolute Gasteiger partial charge is 0.463 e. The minimum Gasteiger partial charge on any atom is -0.463 e. The van der Waals surface area contributed by atoms with Gasteiger partial charge in [0.15, 0.2) is 0 Å². The maximum atomic E-state index is 10.7. The summed E-state index contributed by atoms with van der Waals surface area (Å²) in [4.78, 5) is 10.7. The van der Waals surface area contributed by atoms with Crippen molar-refractivity contribution in [3.63, 3.8) is 0 Å². The summed E-state index contributed by atoms with van der Waals surface area (Å²) in [5.41, 5.74) is 0. The van der Waals surface area contributed by atoms with Crippen LogP contribution in [0.15, 0.2) is 12.7 Å². The van der Waals surface area contributed by atoms with Crippen LogP contribution in [0, 0.1) is 0 Å². The first-order valence-corrected chi connectivity index (χ1v) is 5.55. The lowest BCUT2D eigenvalue weighted by atomic mass is 10.2. The van der Waals surface area contributed by atoms with Crippen molar-refractivity contribution in [1.82, 2.24) is 0 Å². The van der Waals surface area contributed by atoms with Crippen molar-refractivity contribution in [1.29, 1.82) is 0 Å². The van der Waals surface area contributed by atoms with Crippen LogP contribution in [0.2, 0.25) is 0 Å². The summed E-state index contributed by atoms with van der Waals surface area (Å²) in [5.74, 6) is -0.318. The molecule has 0 aromatic rings. The molecule has 0 atom stereocenters. The van der Waals surface area contributed by atoms with E-state index in [1.807, 2.05) is 0 Å². The predicted molar refractivity (Wildman–Crippen MR) is 62.5 cm³/mol. The minimum absolute atomic E-state index is 0.318. The lowest BCUT2D eigenvalue weighted by Crippen LogP contribution is -2.35. The van der Waals surface area contributed by atoms with Crippen LogP contribution < -0.4 is 0 Å².